The molecule has 0 fully saturated rings. The zero-order valence-electron chi connectivity index (χ0n) is 12.5. The second-order valence-corrected chi connectivity index (χ2v) is 6.92. The van der Waals surface area contributed by atoms with E-state index in [1.807, 2.05) is 6.20 Å². The minimum absolute atomic E-state index is 0.0678. The summed E-state index contributed by atoms with van der Waals surface area (Å²) in [7, 11) is 0. The third kappa shape index (κ3) is 3.60. The summed E-state index contributed by atoms with van der Waals surface area (Å²) in [6.45, 7) is 9.28. The van der Waals surface area contributed by atoms with Gasteiger partial charge in [-0.05, 0) is 47.4 Å². The third-order valence-electron chi connectivity index (χ3n) is 3.53. The molecule has 1 aliphatic heterocycles. The van der Waals surface area contributed by atoms with Crippen molar-refractivity contribution in [3.63, 3.8) is 0 Å². The summed E-state index contributed by atoms with van der Waals surface area (Å²) in [5, 5.41) is 9.35. The molecule has 2 aliphatic rings. The lowest BCUT2D eigenvalue weighted by Crippen LogP contribution is -2.12. The number of rotatable bonds is 4. The maximum atomic E-state index is 9.35. The molecule has 2 N–H and O–H groups in total. The number of hydrogen-bond acceptors (Lipinski definition) is 1. The van der Waals surface area contributed by atoms with Crippen LogP contribution in [0, 0.1) is 11.3 Å². The highest BCUT2D eigenvalue weighted by atomic mass is 16.3. The maximum absolute atomic E-state index is 9.35. The lowest BCUT2D eigenvalue weighted by atomic mass is 9.83. The Labute approximate surface area is 116 Å². The molecule has 0 radical (unpaired) electrons. The van der Waals surface area contributed by atoms with Gasteiger partial charge < -0.3 is 10.1 Å². The second-order valence-electron chi connectivity index (χ2n) is 6.92. The minimum atomic E-state index is 0.0678. The van der Waals surface area contributed by atoms with Crippen molar-refractivity contribution in [2.24, 2.45) is 11.3 Å². The second kappa shape index (κ2) is 5.38. The van der Waals surface area contributed by atoms with Gasteiger partial charge in [-0.25, -0.2) is 0 Å². The van der Waals surface area contributed by atoms with Crippen molar-refractivity contribution in [3.05, 3.63) is 35.7 Å². The molecule has 2 nitrogen and oxygen atoms in total. The molecule has 0 bridgehead atoms. The van der Waals surface area contributed by atoms with E-state index in [0.717, 1.165) is 17.7 Å². The Balaban J connectivity index is 2.16. The molecular weight excluding hydrogens is 234 g/mol. The van der Waals surface area contributed by atoms with E-state index < -0.39 is 0 Å². The number of aliphatic hydroxyl groups excluding tert-OH is 1. The molecule has 1 aliphatic carbocycles. The fourth-order valence-electron chi connectivity index (χ4n) is 3.07. The topological polar surface area (TPSA) is 36.0 Å². The smallest absolute Gasteiger partial charge is 0.0837 e. The highest BCUT2D eigenvalue weighted by molar-refractivity contribution is 5.70. The van der Waals surface area contributed by atoms with Crippen molar-refractivity contribution in [3.8, 4) is 11.1 Å². The number of pyridine rings is 1. The van der Waals surface area contributed by atoms with E-state index >= 15 is 0 Å². The van der Waals surface area contributed by atoms with Crippen molar-refractivity contribution >= 4 is 0 Å². The summed E-state index contributed by atoms with van der Waals surface area (Å²) in [6, 6.07) is 6.55. The van der Waals surface area contributed by atoms with Crippen LogP contribution in [-0.2, 0) is 13.0 Å². The highest BCUT2D eigenvalue weighted by Gasteiger charge is 2.17. The molecule has 0 saturated carbocycles. The zero-order chi connectivity index (χ0) is 14.0. The molecule has 0 spiro atoms. The molecule has 1 unspecified atom stereocenters. The van der Waals surface area contributed by atoms with Gasteiger partial charge in [-0.2, -0.15) is 0 Å². The summed E-state index contributed by atoms with van der Waals surface area (Å²) in [5.41, 5.74) is 5.05. The lowest BCUT2D eigenvalue weighted by molar-refractivity contribution is 0.277. The predicted molar refractivity (Wildman–Crippen MR) is 80.3 cm³/mol. The van der Waals surface area contributed by atoms with Crippen LogP contribution in [0.15, 0.2) is 24.4 Å². The fourth-order valence-corrected chi connectivity index (χ4v) is 3.07. The summed E-state index contributed by atoms with van der Waals surface area (Å²) in [5.74, 6) is 0.679. The monoisotopic (exact) mass is 259 g/mol. The average Bonchev–Trinajstić information content (AvgIpc) is 2.67. The number of nitrogens with one attached hydrogen (secondary N) is 1. The molecule has 0 saturated heterocycles. The van der Waals surface area contributed by atoms with Crippen LogP contribution in [0.25, 0.3) is 11.1 Å². The number of hydrogen-bond donors (Lipinski definition) is 2. The van der Waals surface area contributed by atoms with E-state index in [9.17, 15) is 5.11 Å². The molecule has 2 rings (SSSR count). The van der Waals surface area contributed by atoms with E-state index in [1.165, 1.54) is 17.5 Å². The molecule has 0 aromatic rings. The van der Waals surface area contributed by atoms with E-state index in [-0.39, 0.29) is 6.61 Å². The van der Waals surface area contributed by atoms with Crippen LogP contribution in [-0.4, -0.2) is 10.1 Å². The molecule has 104 valence electrons. The van der Waals surface area contributed by atoms with Crippen LogP contribution in [0.1, 0.15) is 45.4 Å². The van der Waals surface area contributed by atoms with E-state index in [0.29, 0.717) is 11.3 Å². The third-order valence-corrected chi connectivity index (χ3v) is 3.53. The first-order valence-corrected chi connectivity index (χ1v) is 7.09. The van der Waals surface area contributed by atoms with Crippen LogP contribution < -0.4 is 0 Å². The number of H-pyrrole nitrogens is 1. The Hall–Kier alpha value is -1.28. The first kappa shape index (κ1) is 14.1. The first-order chi connectivity index (χ1) is 8.89. The Bertz CT molecular complexity index is 507. The summed E-state index contributed by atoms with van der Waals surface area (Å²) in [4.78, 5) is 3.12. The average molecular weight is 259 g/mol. The molecule has 1 atom stereocenters. The van der Waals surface area contributed by atoms with Gasteiger partial charge in [0.05, 0.1) is 6.61 Å². The van der Waals surface area contributed by atoms with Gasteiger partial charge in [0.25, 0.3) is 0 Å². The SMILES string of the molecule is CC(Cc1cc2cc[nH]c(CO)c-2c1)CC(C)(C)C. The van der Waals surface area contributed by atoms with Gasteiger partial charge in [0.15, 0.2) is 0 Å². The van der Waals surface area contributed by atoms with E-state index in [2.05, 4.69) is 50.9 Å². The summed E-state index contributed by atoms with van der Waals surface area (Å²) >= 11 is 0. The van der Waals surface area contributed by atoms with Crippen molar-refractivity contribution in [2.45, 2.75) is 47.1 Å². The van der Waals surface area contributed by atoms with Crippen molar-refractivity contribution in [2.75, 3.05) is 0 Å². The summed E-state index contributed by atoms with van der Waals surface area (Å²) in [6.07, 6.45) is 4.24. The number of fused-ring (bicyclic) bond motifs is 1. The fraction of sp³-hybridized carbons (Fsp3) is 0.529. The molecule has 0 aromatic heterocycles. The molecule has 19 heavy (non-hydrogen) atoms. The maximum Gasteiger partial charge on any atom is 0.0837 e. The molecule has 0 amide bonds. The van der Waals surface area contributed by atoms with E-state index in [4.69, 9.17) is 0 Å². The number of aliphatic hydroxyl groups is 1. The van der Waals surface area contributed by atoms with Gasteiger partial charge in [-0.3, -0.25) is 0 Å². The number of aromatic amines is 1. The van der Waals surface area contributed by atoms with Crippen molar-refractivity contribution in [1.82, 2.24) is 4.98 Å². The highest BCUT2D eigenvalue weighted by Crippen LogP contribution is 2.32. The van der Waals surface area contributed by atoms with Crippen molar-refractivity contribution in [1.29, 1.82) is 0 Å². The van der Waals surface area contributed by atoms with E-state index in [1.54, 1.807) is 0 Å². The number of aromatic nitrogens is 1. The normalized spacial score (nSPS) is 13.9. The Kier molecular flexibility index (Phi) is 4.00. The Morgan fingerprint density at radius 3 is 2.63 bits per heavy atom. The van der Waals surface area contributed by atoms with Crippen LogP contribution in [0.3, 0.4) is 0 Å². The molecule has 2 heteroatoms. The van der Waals surface area contributed by atoms with Crippen molar-refractivity contribution < 1.29 is 5.11 Å². The van der Waals surface area contributed by atoms with Gasteiger partial charge in [-0.15, -0.1) is 0 Å². The van der Waals surface area contributed by atoms with Gasteiger partial charge in [-0.1, -0.05) is 33.8 Å². The zero-order valence-corrected chi connectivity index (χ0v) is 12.5. The van der Waals surface area contributed by atoms with Crippen LogP contribution in [0.4, 0.5) is 0 Å². The molecule has 0 aromatic carbocycles. The standard InChI is InChI=1S/C17H25NO/c1-12(10-17(2,3)4)7-13-8-14-5-6-18-16(11-19)15(14)9-13/h5-6,8-9,12,18-19H,7,10-11H2,1-4H3. The van der Waals surface area contributed by atoms with Gasteiger partial charge in [0.2, 0.25) is 0 Å². The summed E-state index contributed by atoms with van der Waals surface area (Å²) < 4.78 is 0. The lowest BCUT2D eigenvalue weighted by Gasteiger charge is -2.22. The van der Waals surface area contributed by atoms with Crippen LogP contribution in [0.2, 0.25) is 0 Å². The van der Waals surface area contributed by atoms with Gasteiger partial charge in [0, 0.05) is 17.5 Å². The quantitative estimate of drug-likeness (QED) is 0.847. The minimum Gasteiger partial charge on any atom is -0.390 e. The molecular formula is C17H25NO. The van der Waals surface area contributed by atoms with Gasteiger partial charge >= 0.3 is 0 Å². The largest absolute Gasteiger partial charge is 0.390 e. The van der Waals surface area contributed by atoms with Crippen LogP contribution in [0.5, 0.6) is 0 Å². The first-order valence-electron chi connectivity index (χ1n) is 7.09. The molecule has 1 heterocycles. The Morgan fingerprint density at radius 2 is 2.00 bits per heavy atom. The van der Waals surface area contributed by atoms with Gasteiger partial charge in [0.1, 0.15) is 0 Å². The Morgan fingerprint density at radius 1 is 1.26 bits per heavy atom. The predicted octanol–water partition coefficient (Wildman–Crippen LogP) is 4.23. The van der Waals surface area contributed by atoms with Crippen LogP contribution >= 0.6 is 0 Å².